The van der Waals surface area contributed by atoms with Crippen molar-refractivity contribution < 1.29 is 18.1 Å². The van der Waals surface area contributed by atoms with Crippen LogP contribution in [0.4, 0.5) is 0 Å². The van der Waals surface area contributed by atoms with Crippen LogP contribution in [0.25, 0.3) is 0 Å². The lowest BCUT2D eigenvalue weighted by atomic mass is 9.94. The Labute approximate surface area is 139 Å². The first-order valence-electron chi connectivity index (χ1n) is 8.60. The lowest BCUT2D eigenvalue weighted by Crippen LogP contribution is -3.18. The van der Waals surface area contributed by atoms with E-state index in [0.29, 0.717) is 23.7 Å². The Morgan fingerprint density at radius 3 is 2.22 bits per heavy atom. The van der Waals surface area contributed by atoms with Crippen molar-refractivity contribution in [2.75, 3.05) is 33.3 Å². The maximum Gasteiger partial charge on any atom is 0.243 e. The highest BCUT2D eigenvalue weighted by atomic mass is 32.2. The van der Waals surface area contributed by atoms with E-state index in [1.807, 2.05) is 0 Å². The number of nitrogens with one attached hydrogen (secondary N) is 1. The second-order valence-electron chi connectivity index (χ2n) is 6.57. The zero-order chi connectivity index (χ0) is 16.3. The number of piperazine rings is 1. The van der Waals surface area contributed by atoms with E-state index in [9.17, 15) is 8.42 Å². The van der Waals surface area contributed by atoms with E-state index in [-0.39, 0.29) is 0 Å². The number of hydrogen-bond donors (Lipinski definition) is 1. The third kappa shape index (κ3) is 3.70. The number of quaternary nitrogens is 1. The zero-order valence-electron chi connectivity index (χ0n) is 13.8. The van der Waals surface area contributed by atoms with Crippen LogP contribution < -0.4 is 9.64 Å². The molecule has 5 nitrogen and oxygen atoms in total. The van der Waals surface area contributed by atoms with Crippen molar-refractivity contribution in [3.8, 4) is 5.75 Å². The summed E-state index contributed by atoms with van der Waals surface area (Å²) in [7, 11) is -1.80. The normalized spacial score (nSPS) is 22.1. The third-order valence-electron chi connectivity index (χ3n) is 5.24. The van der Waals surface area contributed by atoms with Gasteiger partial charge in [0, 0.05) is 0 Å². The average Bonchev–Trinajstić information content (AvgIpc) is 2.62. The molecule has 6 heteroatoms. The van der Waals surface area contributed by atoms with Crippen molar-refractivity contribution >= 4 is 10.0 Å². The van der Waals surface area contributed by atoms with Gasteiger partial charge in [-0.1, -0.05) is 6.42 Å². The smallest absolute Gasteiger partial charge is 0.243 e. The second kappa shape index (κ2) is 7.20. The van der Waals surface area contributed by atoms with Crippen molar-refractivity contribution in [1.82, 2.24) is 4.31 Å². The Hall–Kier alpha value is -1.11. The van der Waals surface area contributed by atoms with Crippen molar-refractivity contribution in [1.29, 1.82) is 0 Å². The molecule has 0 aromatic heterocycles. The molecule has 3 rings (SSSR count). The van der Waals surface area contributed by atoms with Crippen LogP contribution in [-0.4, -0.2) is 52.1 Å². The molecule has 1 aromatic rings. The Kier molecular flexibility index (Phi) is 5.24. The van der Waals surface area contributed by atoms with Crippen LogP contribution in [-0.2, 0) is 10.0 Å². The summed E-state index contributed by atoms with van der Waals surface area (Å²) >= 11 is 0. The molecule has 0 unspecified atom stereocenters. The molecule has 1 saturated carbocycles. The Balaban J connectivity index is 1.63. The van der Waals surface area contributed by atoms with Crippen molar-refractivity contribution in [3.63, 3.8) is 0 Å². The van der Waals surface area contributed by atoms with Crippen molar-refractivity contribution in [3.05, 3.63) is 24.3 Å². The van der Waals surface area contributed by atoms with Crippen molar-refractivity contribution in [2.24, 2.45) is 0 Å². The third-order valence-corrected chi connectivity index (χ3v) is 7.16. The molecule has 1 saturated heterocycles. The van der Waals surface area contributed by atoms with Gasteiger partial charge in [0.2, 0.25) is 10.0 Å². The number of ether oxygens (including phenoxy) is 1. The number of nitrogens with zero attached hydrogens (tertiary/aromatic N) is 1. The average molecular weight is 339 g/mol. The summed E-state index contributed by atoms with van der Waals surface area (Å²) < 4.78 is 32.2. The topological polar surface area (TPSA) is 51.1 Å². The summed E-state index contributed by atoms with van der Waals surface area (Å²) in [6, 6.07) is 7.42. The van der Waals surface area contributed by atoms with Gasteiger partial charge < -0.3 is 9.64 Å². The molecular weight excluding hydrogens is 312 g/mol. The van der Waals surface area contributed by atoms with Crippen LogP contribution in [0.5, 0.6) is 5.75 Å². The minimum Gasteiger partial charge on any atom is -0.497 e. The monoisotopic (exact) mass is 339 g/mol. The number of methoxy groups -OCH3 is 1. The fraction of sp³-hybridized carbons (Fsp3) is 0.647. The molecule has 23 heavy (non-hydrogen) atoms. The lowest BCUT2D eigenvalue weighted by Gasteiger charge is -2.37. The van der Waals surface area contributed by atoms with Gasteiger partial charge in [0.05, 0.1) is 44.2 Å². The molecule has 1 N–H and O–H groups in total. The largest absolute Gasteiger partial charge is 0.497 e. The summed E-state index contributed by atoms with van der Waals surface area (Å²) in [4.78, 5) is 1.96. The first-order chi connectivity index (χ1) is 11.1. The standard InChI is InChI=1S/C17H26N2O3S/c1-22-16-7-9-17(10-8-16)23(20,21)19-13-11-18(12-14-19)15-5-3-2-4-6-15/h7-10,15H,2-6,11-14H2,1H3/p+1. The second-order valence-corrected chi connectivity index (χ2v) is 8.51. The predicted octanol–water partition coefficient (Wildman–Crippen LogP) is 0.917. The first-order valence-corrected chi connectivity index (χ1v) is 10.0. The van der Waals surface area contributed by atoms with E-state index >= 15 is 0 Å². The Morgan fingerprint density at radius 2 is 1.65 bits per heavy atom. The van der Waals surface area contributed by atoms with E-state index in [2.05, 4.69) is 0 Å². The highest BCUT2D eigenvalue weighted by Gasteiger charge is 2.33. The summed E-state index contributed by atoms with van der Waals surface area (Å²) in [5.74, 6) is 0.676. The van der Waals surface area contributed by atoms with E-state index in [1.54, 1.807) is 40.6 Å². The Bertz CT molecular complexity index is 601. The molecule has 0 spiro atoms. The minimum absolute atomic E-state index is 0.361. The lowest BCUT2D eigenvalue weighted by molar-refractivity contribution is -0.930. The highest BCUT2D eigenvalue weighted by molar-refractivity contribution is 7.89. The van der Waals surface area contributed by atoms with Gasteiger partial charge in [-0.2, -0.15) is 4.31 Å². The number of sulfonamides is 1. The van der Waals surface area contributed by atoms with Crippen LogP contribution in [0, 0.1) is 0 Å². The summed E-state index contributed by atoms with van der Waals surface area (Å²) in [6.07, 6.45) is 6.65. The molecule has 0 radical (unpaired) electrons. The zero-order valence-corrected chi connectivity index (χ0v) is 14.6. The Morgan fingerprint density at radius 1 is 1.04 bits per heavy atom. The quantitative estimate of drug-likeness (QED) is 0.887. The summed E-state index contributed by atoms with van der Waals surface area (Å²) in [6.45, 7) is 3.11. The molecule has 1 heterocycles. The molecule has 0 amide bonds. The first kappa shape index (κ1) is 16.7. The van der Waals surface area contributed by atoms with Gasteiger partial charge in [-0.15, -0.1) is 0 Å². The van der Waals surface area contributed by atoms with Crippen LogP contribution in [0.1, 0.15) is 32.1 Å². The molecule has 1 aromatic carbocycles. The minimum atomic E-state index is -3.38. The van der Waals surface area contributed by atoms with Gasteiger partial charge in [0.1, 0.15) is 5.75 Å². The molecule has 0 bridgehead atoms. The molecule has 2 fully saturated rings. The number of hydrogen-bond acceptors (Lipinski definition) is 3. The predicted molar refractivity (Wildman–Crippen MR) is 89.3 cm³/mol. The van der Waals surface area contributed by atoms with Gasteiger partial charge >= 0.3 is 0 Å². The number of rotatable bonds is 4. The van der Waals surface area contributed by atoms with Crippen LogP contribution >= 0.6 is 0 Å². The van der Waals surface area contributed by atoms with E-state index < -0.39 is 10.0 Å². The fourth-order valence-electron chi connectivity index (χ4n) is 3.83. The van der Waals surface area contributed by atoms with Crippen LogP contribution in [0.3, 0.4) is 0 Å². The van der Waals surface area contributed by atoms with Gasteiger partial charge in [-0.25, -0.2) is 8.42 Å². The van der Waals surface area contributed by atoms with Gasteiger partial charge in [0.15, 0.2) is 0 Å². The maximum absolute atomic E-state index is 12.7. The van der Waals surface area contributed by atoms with Gasteiger partial charge in [0.25, 0.3) is 0 Å². The molecule has 2 aliphatic rings. The molecular formula is C17H27N2O3S+. The van der Waals surface area contributed by atoms with E-state index in [4.69, 9.17) is 4.74 Å². The fourth-order valence-corrected chi connectivity index (χ4v) is 5.27. The molecule has 128 valence electrons. The SMILES string of the molecule is COc1ccc(S(=O)(=O)N2CC[NH+](C3CCCCC3)CC2)cc1. The molecule has 1 aliphatic heterocycles. The van der Waals surface area contributed by atoms with Crippen LogP contribution in [0.2, 0.25) is 0 Å². The number of benzene rings is 1. The summed E-state index contributed by atoms with van der Waals surface area (Å²) in [5.41, 5.74) is 0. The van der Waals surface area contributed by atoms with Crippen LogP contribution in [0.15, 0.2) is 29.2 Å². The maximum atomic E-state index is 12.7. The van der Waals surface area contributed by atoms with E-state index in [1.165, 1.54) is 32.1 Å². The van der Waals surface area contributed by atoms with Gasteiger partial charge in [-0.05, 0) is 49.9 Å². The van der Waals surface area contributed by atoms with Crippen molar-refractivity contribution in [2.45, 2.75) is 43.0 Å². The van der Waals surface area contributed by atoms with E-state index in [0.717, 1.165) is 19.1 Å². The molecule has 0 atom stereocenters. The highest BCUT2D eigenvalue weighted by Crippen LogP contribution is 2.20. The summed E-state index contributed by atoms with van der Waals surface area (Å²) in [5, 5.41) is 0. The van der Waals surface area contributed by atoms with Gasteiger partial charge in [-0.3, -0.25) is 0 Å². The molecule has 1 aliphatic carbocycles.